The molecule has 0 radical (unpaired) electrons. The molecule has 4 heteroatoms. The minimum atomic E-state index is -0.942. The van der Waals surface area contributed by atoms with Crippen LogP contribution in [-0.2, 0) is 6.42 Å². The predicted molar refractivity (Wildman–Crippen MR) is 53.7 cm³/mol. The molecule has 1 heterocycles. The van der Waals surface area contributed by atoms with Gasteiger partial charge in [0.15, 0.2) is 0 Å². The van der Waals surface area contributed by atoms with Gasteiger partial charge in [-0.1, -0.05) is 0 Å². The Bertz CT molecular complexity index is 411. The van der Waals surface area contributed by atoms with E-state index in [4.69, 9.17) is 14.6 Å². The van der Waals surface area contributed by atoms with E-state index in [9.17, 15) is 4.79 Å². The van der Waals surface area contributed by atoms with E-state index in [0.717, 1.165) is 5.56 Å². The maximum atomic E-state index is 11.0. The molecular formula is C11H12O4. The molecule has 0 bridgehead atoms. The summed E-state index contributed by atoms with van der Waals surface area (Å²) >= 11 is 0. The fourth-order valence-corrected chi connectivity index (χ4v) is 1.79. The highest BCUT2D eigenvalue weighted by Gasteiger charge is 2.25. The van der Waals surface area contributed by atoms with Gasteiger partial charge >= 0.3 is 5.97 Å². The van der Waals surface area contributed by atoms with Gasteiger partial charge in [-0.25, -0.2) is 4.79 Å². The summed E-state index contributed by atoms with van der Waals surface area (Å²) in [5, 5.41) is 9.04. The van der Waals surface area contributed by atoms with Gasteiger partial charge < -0.3 is 14.6 Å². The van der Waals surface area contributed by atoms with Gasteiger partial charge in [0.2, 0.25) is 0 Å². The average molecular weight is 208 g/mol. The summed E-state index contributed by atoms with van der Waals surface area (Å²) in [4.78, 5) is 11.0. The third kappa shape index (κ3) is 1.63. The number of benzene rings is 1. The summed E-state index contributed by atoms with van der Waals surface area (Å²) in [6, 6.07) is 3.26. The number of aromatic carboxylic acids is 1. The average Bonchev–Trinajstić information content (AvgIpc) is 2.55. The Balaban J connectivity index is 2.55. The molecule has 1 N–H and O–H groups in total. The zero-order valence-electron chi connectivity index (χ0n) is 8.61. The van der Waals surface area contributed by atoms with Crippen LogP contribution in [0.2, 0.25) is 0 Å². The van der Waals surface area contributed by atoms with Gasteiger partial charge in [-0.3, -0.25) is 0 Å². The Morgan fingerprint density at radius 2 is 2.33 bits per heavy atom. The molecule has 0 saturated heterocycles. The number of carboxylic acid groups (broad SMARTS) is 1. The molecule has 1 aliphatic rings. The van der Waals surface area contributed by atoms with Crippen molar-refractivity contribution in [1.82, 2.24) is 0 Å². The second-order valence-corrected chi connectivity index (χ2v) is 3.59. The number of methoxy groups -OCH3 is 1. The van der Waals surface area contributed by atoms with Crippen molar-refractivity contribution in [3.63, 3.8) is 0 Å². The van der Waals surface area contributed by atoms with Crippen LogP contribution >= 0.6 is 0 Å². The summed E-state index contributed by atoms with van der Waals surface area (Å²) in [5.41, 5.74) is 1.03. The van der Waals surface area contributed by atoms with Gasteiger partial charge in [0.05, 0.1) is 12.7 Å². The third-order valence-electron chi connectivity index (χ3n) is 2.47. The van der Waals surface area contributed by atoms with Crippen molar-refractivity contribution in [3.05, 3.63) is 23.3 Å². The molecule has 0 fully saturated rings. The van der Waals surface area contributed by atoms with E-state index in [-0.39, 0.29) is 11.7 Å². The Labute approximate surface area is 87.4 Å². The largest absolute Gasteiger partial charge is 0.497 e. The van der Waals surface area contributed by atoms with Crippen LogP contribution in [0.1, 0.15) is 22.8 Å². The van der Waals surface area contributed by atoms with Crippen LogP contribution in [-0.4, -0.2) is 24.3 Å². The quantitative estimate of drug-likeness (QED) is 0.803. The lowest BCUT2D eigenvalue weighted by molar-refractivity contribution is 0.0695. The van der Waals surface area contributed by atoms with Gasteiger partial charge in [-0.2, -0.15) is 0 Å². The van der Waals surface area contributed by atoms with Crippen LogP contribution in [0.4, 0.5) is 0 Å². The molecule has 4 nitrogen and oxygen atoms in total. The lowest BCUT2D eigenvalue weighted by Gasteiger charge is -2.06. The summed E-state index contributed by atoms with van der Waals surface area (Å²) in [7, 11) is 1.51. The summed E-state index contributed by atoms with van der Waals surface area (Å²) in [6.07, 6.45) is 0.672. The number of ether oxygens (including phenoxy) is 2. The number of hydrogen-bond acceptors (Lipinski definition) is 3. The molecule has 1 atom stereocenters. The van der Waals surface area contributed by atoms with Gasteiger partial charge in [-0.05, 0) is 13.0 Å². The zero-order chi connectivity index (χ0) is 11.0. The van der Waals surface area contributed by atoms with Gasteiger partial charge in [0.1, 0.15) is 17.6 Å². The van der Waals surface area contributed by atoms with Crippen LogP contribution < -0.4 is 9.47 Å². The molecule has 1 aliphatic heterocycles. The first kappa shape index (κ1) is 9.83. The Morgan fingerprint density at radius 1 is 1.60 bits per heavy atom. The number of hydrogen-bond donors (Lipinski definition) is 1. The molecule has 2 rings (SSSR count). The van der Waals surface area contributed by atoms with Crippen molar-refractivity contribution >= 4 is 5.97 Å². The van der Waals surface area contributed by atoms with Crippen LogP contribution in [0.3, 0.4) is 0 Å². The van der Waals surface area contributed by atoms with E-state index in [1.165, 1.54) is 13.2 Å². The predicted octanol–water partition coefficient (Wildman–Crippen LogP) is 1.72. The van der Waals surface area contributed by atoms with E-state index < -0.39 is 5.97 Å². The van der Waals surface area contributed by atoms with Crippen molar-refractivity contribution in [2.75, 3.05) is 7.11 Å². The second kappa shape index (κ2) is 3.46. The Kier molecular flexibility index (Phi) is 2.26. The molecule has 1 unspecified atom stereocenters. The fourth-order valence-electron chi connectivity index (χ4n) is 1.79. The highest BCUT2D eigenvalue weighted by atomic mass is 16.5. The molecule has 80 valence electrons. The second-order valence-electron chi connectivity index (χ2n) is 3.59. The van der Waals surface area contributed by atoms with Gasteiger partial charge in [0.25, 0.3) is 0 Å². The molecule has 0 amide bonds. The Hall–Kier alpha value is -1.71. The third-order valence-corrected chi connectivity index (χ3v) is 2.47. The van der Waals surface area contributed by atoms with Crippen LogP contribution in [0, 0.1) is 0 Å². The number of carboxylic acids is 1. The smallest absolute Gasteiger partial charge is 0.336 e. The maximum absolute atomic E-state index is 11.0. The monoisotopic (exact) mass is 208 g/mol. The molecule has 1 aromatic carbocycles. The van der Waals surface area contributed by atoms with Crippen molar-refractivity contribution in [2.24, 2.45) is 0 Å². The van der Waals surface area contributed by atoms with Crippen LogP contribution in [0.25, 0.3) is 0 Å². The van der Waals surface area contributed by atoms with Crippen molar-refractivity contribution in [1.29, 1.82) is 0 Å². The van der Waals surface area contributed by atoms with Crippen molar-refractivity contribution in [3.8, 4) is 11.5 Å². The summed E-state index contributed by atoms with van der Waals surface area (Å²) in [5.74, 6) is 0.197. The SMILES string of the molecule is COc1cc2c(c(C(=O)O)c1)CC(C)O2. The van der Waals surface area contributed by atoms with Crippen LogP contribution in [0.15, 0.2) is 12.1 Å². The van der Waals surface area contributed by atoms with E-state index in [0.29, 0.717) is 17.9 Å². The highest BCUT2D eigenvalue weighted by molar-refractivity contribution is 5.91. The first-order valence-electron chi connectivity index (χ1n) is 4.72. The number of carbonyl (C=O) groups is 1. The maximum Gasteiger partial charge on any atom is 0.336 e. The summed E-state index contributed by atoms with van der Waals surface area (Å²) < 4.78 is 10.5. The van der Waals surface area contributed by atoms with E-state index in [1.807, 2.05) is 6.92 Å². The lowest BCUT2D eigenvalue weighted by atomic mass is 10.0. The van der Waals surface area contributed by atoms with Crippen LogP contribution in [0.5, 0.6) is 11.5 Å². The molecule has 0 aromatic heterocycles. The molecule has 0 saturated carbocycles. The van der Waals surface area contributed by atoms with Gasteiger partial charge in [-0.15, -0.1) is 0 Å². The molecule has 0 aliphatic carbocycles. The normalized spacial score (nSPS) is 18.1. The fraction of sp³-hybridized carbons (Fsp3) is 0.364. The minimum absolute atomic E-state index is 0.0326. The highest BCUT2D eigenvalue weighted by Crippen LogP contribution is 2.35. The topological polar surface area (TPSA) is 55.8 Å². The van der Waals surface area contributed by atoms with Gasteiger partial charge in [0, 0.05) is 18.1 Å². The van der Waals surface area contributed by atoms with E-state index in [2.05, 4.69) is 0 Å². The van der Waals surface area contributed by atoms with E-state index >= 15 is 0 Å². The molecule has 0 spiro atoms. The number of fused-ring (bicyclic) bond motifs is 1. The Morgan fingerprint density at radius 3 is 2.93 bits per heavy atom. The standard InChI is InChI=1S/C11H12O4/c1-6-3-8-9(11(12)13)4-7(14-2)5-10(8)15-6/h4-6H,3H2,1-2H3,(H,12,13). The summed E-state index contributed by atoms with van der Waals surface area (Å²) in [6.45, 7) is 1.91. The first-order valence-corrected chi connectivity index (χ1v) is 4.72. The first-order chi connectivity index (χ1) is 7.11. The zero-order valence-corrected chi connectivity index (χ0v) is 8.61. The van der Waals surface area contributed by atoms with E-state index in [1.54, 1.807) is 6.07 Å². The molecule has 15 heavy (non-hydrogen) atoms. The molecule has 1 aromatic rings. The number of rotatable bonds is 2. The molecular weight excluding hydrogens is 196 g/mol. The minimum Gasteiger partial charge on any atom is -0.497 e. The van der Waals surface area contributed by atoms with Crippen molar-refractivity contribution < 1.29 is 19.4 Å². The van der Waals surface area contributed by atoms with Crippen molar-refractivity contribution in [2.45, 2.75) is 19.4 Å². The lowest BCUT2D eigenvalue weighted by Crippen LogP contribution is -2.06.